The normalized spacial score (nSPS) is 15.6. The maximum atomic E-state index is 12.1. The van der Waals surface area contributed by atoms with Gasteiger partial charge in [0.05, 0.1) is 16.6 Å². The lowest BCUT2D eigenvalue weighted by Crippen LogP contribution is -2.11. The third-order valence-corrected chi connectivity index (χ3v) is 7.82. The zero-order chi connectivity index (χ0) is 14.6. The first-order valence-corrected chi connectivity index (χ1v) is 9.93. The van der Waals surface area contributed by atoms with E-state index in [9.17, 15) is 12.6 Å². The minimum Gasteiger partial charge on any atom is -0.252 e. The molecule has 8 heteroatoms. The van der Waals surface area contributed by atoms with Gasteiger partial charge in [0.1, 0.15) is 0 Å². The largest absolute Gasteiger partial charge is 0.252 e. The number of aromatic nitrogens is 2. The highest BCUT2D eigenvalue weighted by molar-refractivity contribution is 7.94. The van der Waals surface area contributed by atoms with Gasteiger partial charge in [-0.15, -0.1) is 10.2 Å². The van der Waals surface area contributed by atoms with Crippen LogP contribution in [0.2, 0.25) is 0 Å². The van der Waals surface area contributed by atoms with Crippen LogP contribution in [0.3, 0.4) is 0 Å². The van der Waals surface area contributed by atoms with Gasteiger partial charge in [0.2, 0.25) is 18.5 Å². The van der Waals surface area contributed by atoms with Gasteiger partial charge in [0, 0.05) is 5.25 Å². The highest BCUT2D eigenvalue weighted by atomic mass is 32.2. The summed E-state index contributed by atoms with van der Waals surface area (Å²) in [5.74, 6) is 0.0700. The van der Waals surface area contributed by atoms with Crippen molar-refractivity contribution in [3.8, 4) is 0 Å². The van der Waals surface area contributed by atoms with Crippen LogP contribution < -0.4 is 0 Å². The Balaban J connectivity index is 2.91. The number of nitrogens with zero attached hydrogens (tertiary/aromatic N) is 2. The third kappa shape index (κ3) is 4.61. The Morgan fingerprint density at radius 2 is 1.89 bits per heavy atom. The Labute approximate surface area is 121 Å². The second-order valence-electron chi connectivity index (χ2n) is 4.91. The molecule has 5 nitrogen and oxygen atoms in total. The van der Waals surface area contributed by atoms with Gasteiger partial charge in [0.25, 0.3) is 0 Å². The lowest BCUT2D eigenvalue weighted by Gasteiger charge is -2.06. The van der Waals surface area contributed by atoms with Crippen LogP contribution in [0.1, 0.15) is 40.5 Å². The first kappa shape index (κ1) is 16.7. The van der Waals surface area contributed by atoms with Crippen molar-refractivity contribution in [1.29, 1.82) is 0 Å². The summed E-state index contributed by atoms with van der Waals surface area (Å²) in [6, 6.07) is 0. The molecule has 19 heavy (non-hydrogen) atoms. The molecule has 2 atom stereocenters. The molecule has 0 N–H and O–H groups in total. The standard InChI is InChI=1S/C11H20N2O3S3/c1-5-6-9(4)18(14)10-12-13-11(17-10)19(15,16)7-8(2)3/h8-9H,5-7H2,1-4H3. The quantitative estimate of drug-likeness (QED) is 0.769. The van der Waals surface area contributed by atoms with Gasteiger partial charge in [-0.05, 0) is 12.3 Å². The van der Waals surface area contributed by atoms with Gasteiger partial charge in [-0.2, -0.15) is 0 Å². The highest BCUT2D eigenvalue weighted by Gasteiger charge is 2.24. The Hall–Kier alpha value is -0.340. The zero-order valence-corrected chi connectivity index (χ0v) is 14.1. The summed E-state index contributed by atoms with van der Waals surface area (Å²) in [6.45, 7) is 7.57. The lowest BCUT2D eigenvalue weighted by atomic mass is 10.3. The summed E-state index contributed by atoms with van der Waals surface area (Å²) < 4.78 is 36.4. The number of sulfone groups is 1. The summed E-state index contributed by atoms with van der Waals surface area (Å²) in [4.78, 5) is 0. The van der Waals surface area contributed by atoms with E-state index in [1.807, 2.05) is 27.7 Å². The molecule has 0 fully saturated rings. The minimum absolute atomic E-state index is 0.0201. The Kier molecular flexibility index (Phi) is 6.07. The van der Waals surface area contributed by atoms with Crippen molar-refractivity contribution in [3.05, 3.63) is 0 Å². The van der Waals surface area contributed by atoms with Crippen LogP contribution in [-0.2, 0) is 20.6 Å². The van der Waals surface area contributed by atoms with Gasteiger partial charge < -0.3 is 0 Å². The molecule has 1 aromatic heterocycles. The van der Waals surface area contributed by atoms with Crippen LogP contribution in [0.25, 0.3) is 0 Å². The van der Waals surface area contributed by atoms with Gasteiger partial charge in [0.15, 0.2) is 0 Å². The molecule has 0 aliphatic rings. The van der Waals surface area contributed by atoms with Crippen LogP contribution in [-0.4, -0.2) is 33.8 Å². The van der Waals surface area contributed by atoms with Crippen LogP contribution in [0, 0.1) is 5.92 Å². The molecule has 0 saturated carbocycles. The number of hydrogen-bond donors (Lipinski definition) is 0. The average molecular weight is 324 g/mol. The first-order chi connectivity index (χ1) is 8.77. The molecular weight excluding hydrogens is 304 g/mol. The maximum absolute atomic E-state index is 12.1. The fourth-order valence-corrected chi connectivity index (χ4v) is 6.18. The molecule has 0 radical (unpaired) electrons. The molecule has 0 aliphatic heterocycles. The maximum Gasteiger partial charge on any atom is 0.233 e. The van der Waals surface area contributed by atoms with Crippen molar-refractivity contribution in [3.63, 3.8) is 0 Å². The van der Waals surface area contributed by atoms with Gasteiger partial charge in [-0.1, -0.05) is 45.5 Å². The molecule has 0 aromatic carbocycles. The van der Waals surface area contributed by atoms with E-state index in [4.69, 9.17) is 0 Å². The van der Waals surface area contributed by atoms with E-state index >= 15 is 0 Å². The van der Waals surface area contributed by atoms with E-state index in [0.717, 1.165) is 24.2 Å². The lowest BCUT2D eigenvalue weighted by molar-refractivity contribution is 0.580. The summed E-state index contributed by atoms with van der Waals surface area (Å²) in [7, 11) is -4.67. The Morgan fingerprint density at radius 1 is 1.26 bits per heavy atom. The first-order valence-electron chi connectivity index (χ1n) is 6.24. The van der Waals surface area contributed by atoms with Crippen molar-refractivity contribution in [2.24, 2.45) is 5.92 Å². The molecule has 0 bridgehead atoms. The third-order valence-electron chi connectivity index (χ3n) is 2.44. The van der Waals surface area contributed by atoms with E-state index in [1.165, 1.54) is 0 Å². The van der Waals surface area contributed by atoms with E-state index < -0.39 is 20.6 Å². The van der Waals surface area contributed by atoms with Gasteiger partial charge in [-0.25, -0.2) is 8.42 Å². The SMILES string of the molecule is CCCC(C)S(=O)c1nnc(S(=O)(=O)CC(C)C)s1. The van der Waals surface area contributed by atoms with Crippen molar-refractivity contribution in [1.82, 2.24) is 10.2 Å². The van der Waals surface area contributed by atoms with Crippen molar-refractivity contribution >= 4 is 32.0 Å². The molecular formula is C11H20N2O3S3. The smallest absolute Gasteiger partial charge is 0.233 e. The highest BCUT2D eigenvalue weighted by Crippen LogP contribution is 2.23. The molecule has 0 spiro atoms. The number of hydrogen-bond acceptors (Lipinski definition) is 6. The average Bonchev–Trinajstić information content (AvgIpc) is 2.76. The molecule has 0 saturated heterocycles. The van der Waals surface area contributed by atoms with E-state index in [0.29, 0.717) is 4.34 Å². The summed E-state index contributed by atoms with van der Waals surface area (Å²) in [5.41, 5.74) is 0. The Bertz CT molecular complexity index is 537. The number of rotatable bonds is 7. The zero-order valence-electron chi connectivity index (χ0n) is 11.6. The van der Waals surface area contributed by atoms with Crippen LogP contribution in [0.5, 0.6) is 0 Å². The van der Waals surface area contributed by atoms with E-state index in [1.54, 1.807) is 0 Å². The second-order valence-corrected chi connectivity index (χ2v) is 10.1. The van der Waals surface area contributed by atoms with Crippen LogP contribution >= 0.6 is 11.3 Å². The minimum atomic E-state index is -3.40. The fraction of sp³-hybridized carbons (Fsp3) is 0.818. The summed E-state index contributed by atoms with van der Waals surface area (Å²) in [5, 5.41) is 7.45. The van der Waals surface area contributed by atoms with Crippen LogP contribution in [0.4, 0.5) is 0 Å². The van der Waals surface area contributed by atoms with Crippen molar-refractivity contribution in [2.75, 3.05) is 5.75 Å². The molecule has 1 heterocycles. The Morgan fingerprint density at radius 3 is 2.42 bits per heavy atom. The van der Waals surface area contributed by atoms with Crippen molar-refractivity contribution in [2.45, 2.75) is 54.5 Å². The second kappa shape index (κ2) is 6.90. The molecule has 110 valence electrons. The topological polar surface area (TPSA) is 77.0 Å². The molecule has 0 amide bonds. The predicted octanol–water partition coefficient (Wildman–Crippen LogP) is 2.26. The molecule has 0 aliphatic carbocycles. The monoisotopic (exact) mass is 324 g/mol. The van der Waals surface area contributed by atoms with E-state index in [2.05, 4.69) is 10.2 Å². The predicted molar refractivity (Wildman–Crippen MR) is 77.6 cm³/mol. The summed E-state index contributed by atoms with van der Waals surface area (Å²) in [6.07, 6.45) is 1.75. The van der Waals surface area contributed by atoms with Crippen LogP contribution in [0.15, 0.2) is 8.68 Å². The molecule has 1 rings (SSSR count). The van der Waals surface area contributed by atoms with Crippen molar-refractivity contribution < 1.29 is 12.6 Å². The molecule has 1 aromatic rings. The van der Waals surface area contributed by atoms with Gasteiger partial charge >= 0.3 is 0 Å². The van der Waals surface area contributed by atoms with E-state index in [-0.39, 0.29) is 21.3 Å². The molecule has 2 unspecified atom stereocenters. The summed E-state index contributed by atoms with van der Waals surface area (Å²) >= 11 is 0.934. The van der Waals surface area contributed by atoms with Gasteiger partial charge in [-0.3, -0.25) is 4.21 Å². The fourth-order valence-electron chi connectivity index (χ4n) is 1.60.